The van der Waals surface area contributed by atoms with Crippen LogP contribution in [-0.2, 0) is 18.4 Å². The number of rotatable bonds is 2. The summed E-state index contributed by atoms with van der Waals surface area (Å²) in [5.41, 5.74) is 6.77. The van der Waals surface area contributed by atoms with Gasteiger partial charge in [0, 0.05) is 25.6 Å². The van der Waals surface area contributed by atoms with Crippen LogP contribution < -0.4 is 5.73 Å². The second-order valence-electron chi connectivity index (χ2n) is 3.95. The third-order valence-electron chi connectivity index (χ3n) is 2.85. The summed E-state index contributed by atoms with van der Waals surface area (Å²) in [4.78, 5) is 13.4. The lowest BCUT2D eigenvalue weighted by Gasteiger charge is -2.26. The Labute approximate surface area is 88.8 Å². The molecule has 5 nitrogen and oxygen atoms in total. The number of piperidine rings is 1. The first kappa shape index (κ1) is 10.0. The van der Waals surface area contributed by atoms with E-state index in [-0.39, 0.29) is 5.91 Å². The molecule has 1 aliphatic rings. The minimum absolute atomic E-state index is 0.226. The summed E-state index contributed by atoms with van der Waals surface area (Å²) in [6.07, 6.45) is 4.50. The van der Waals surface area contributed by atoms with Gasteiger partial charge in [-0.05, 0) is 12.8 Å². The van der Waals surface area contributed by atoms with Gasteiger partial charge in [0.2, 0.25) is 5.91 Å². The zero-order valence-corrected chi connectivity index (χ0v) is 8.94. The molecule has 15 heavy (non-hydrogen) atoms. The summed E-state index contributed by atoms with van der Waals surface area (Å²) < 4.78 is 1.63. The fourth-order valence-corrected chi connectivity index (χ4v) is 1.85. The molecular weight excluding hydrogens is 192 g/mol. The molecule has 0 radical (unpaired) electrons. The number of aryl methyl sites for hydroxylation is 1. The average Bonchev–Trinajstić information content (AvgIpc) is 2.53. The first-order chi connectivity index (χ1) is 7.18. The van der Waals surface area contributed by atoms with E-state index < -0.39 is 0 Å². The second kappa shape index (κ2) is 3.92. The lowest BCUT2D eigenvalue weighted by Crippen LogP contribution is -2.34. The van der Waals surface area contributed by atoms with E-state index in [9.17, 15) is 4.79 Å². The Morgan fingerprint density at radius 1 is 1.53 bits per heavy atom. The summed E-state index contributed by atoms with van der Waals surface area (Å²) in [5, 5.41) is 4.06. The summed E-state index contributed by atoms with van der Waals surface area (Å²) >= 11 is 0. The zero-order chi connectivity index (χ0) is 10.8. The van der Waals surface area contributed by atoms with E-state index in [2.05, 4.69) is 5.10 Å². The topological polar surface area (TPSA) is 64.2 Å². The van der Waals surface area contributed by atoms with E-state index in [4.69, 9.17) is 5.73 Å². The van der Waals surface area contributed by atoms with Gasteiger partial charge in [0.25, 0.3) is 0 Å². The first-order valence-corrected chi connectivity index (χ1v) is 5.22. The molecule has 0 spiro atoms. The molecule has 1 saturated heterocycles. The van der Waals surface area contributed by atoms with Gasteiger partial charge in [-0.1, -0.05) is 0 Å². The molecule has 82 valence electrons. The standard InChI is InChI=1S/C10H16N4O/c1-13-10(11)8(6-12-13)7-14-5-3-2-4-9(14)15/h6H,2-5,7,11H2,1H3. The van der Waals surface area contributed by atoms with Crippen molar-refractivity contribution in [3.05, 3.63) is 11.8 Å². The number of likely N-dealkylation sites (tertiary alicyclic amines) is 1. The molecule has 1 amide bonds. The van der Waals surface area contributed by atoms with Crippen molar-refractivity contribution in [2.75, 3.05) is 12.3 Å². The zero-order valence-electron chi connectivity index (χ0n) is 8.94. The molecule has 1 fully saturated rings. The highest BCUT2D eigenvalue weighted by Crippen LogP contribution is 2.17. The molecule has 0 aliphatic carbocycles. The van der Waals surface area contributed by atoms with Gasteiger partial charge in [-0.15, -0.1) is 0 Å². The number of carbonyl (C=O) groups excluding carboxylic acids is 1. The Hall–Kier alpha value is -1.52. The largest absolute Gasteiger partial charge is 0.384 e. The Morgan fingerprint density at radius 2 is 2.33 bits per heavy atom. The highest BCUT2D eigenvalue weighted by atomic mass is 16.2. The maximum Gasteiger partial charge on any atom is 0.222 e. The van der Waals surface area contributed by atoms with E-state index in [0.717, 1.165) is 24.9 Å². The van der Waals surface area contributed by atoms with Crippen LogP contribution in [0, 0.1) is 0 Å². The fraction of sp³-hybridized carbons (Fsp3) is 0.600. The predicted molar refractivity (Wildman–Crippen MR) is 56.9 cm³/mol. The molecule has 1 aromatic heterocycles. The molecule has 2 heterocycles. The second-order valence-corrected chi connectivity index (χ2v) is 3.95. The molecule has 0 atom stereocenters. The van der Waals surface area contributed by atoms with Crippen LogP contribution in [0.4, 0.5) is 5.82 Å². The summed E-state index contributed by atoms with van der Waals surface area (Å²) in [6.45, 7) is 1.44. The van der Waals surface area contributed by atoms with E-state index in [0.29, 0.717) is 18.8 Å². The number of nitrogens with two attached hydrogens (primary N) is 1. The highest BCUT2D eigenvalue weighted by molar-refractivity contribution is 5.76. The maximum absolute atomic E-state index is 11.6. The minimum Gasteiger partial charge on any atom is -0.384 e. The number of aromatic nitrogens is 2. The Balaban J connectivity index is 2.07. The highest BCUT2D eigenvalue weighted by Gasteiger charge is 2.19. The van der Waals surface area contributed by atoms with E-state index >= 15 is 0 Å². The van der Waals surface area contributed by atoms with Crippen LogP contribution in [0.1, 0.15) is 24.8 Å². The number of anilines is 1. The Morgan fingerprint density at radius 3 is 2.93 bits per heavy atom. The van der Waals surface area contributed by atoms with Crippen LogP contribution in [0.15, 0.2) is 6.20 Å². The van der Waals surface area contributed by atoms with Gasteiger partial charge in [0.1, 0.15) is 5.82 Å². The normalized spacial score (nSPS) is 17.1. The van der Waals surface area contributed by atoms with Crippen molar-refractivity contribution in [2.45, 2.75) is 25.8 Å². The summed E-state index contributed by atoms with van der Waals surface area (Å²) in [7, 11) is 1.80. The molecule has 0 aromatic carbocycles. The van der Waals surface area contributed by atoms with Gasteiger partial charge in [-0.25, -0.2) is 0 Å². The quantitative estimate of drug-likeness (QED) is 0.770. The average molecular weight is 208 g/mol. The summed E-state index contributed by atoms with van der Waals surface area (Å²) in [5.74, 6) is 0.873. The number of hydrogen-bond acceptors (Lipinski definition) is 3. The number of carbonyl (C=O) groups is 1. The van der Waals surface area contributed by atoms with Crippen molar-refractivity contribution in [2.24, 2.45) is 7.05 Å². The number of nitrogen functional groups attached to an aromatic ring is 1. The smallest absolute Gasteiger partial charge is 0.222 e. The van der Waals surface area contributed by atoms with E-state index in [1.807, 2.05) is 4.90 Å². The van der Waals surface area contributed by atoms with Crippen molar-refractivity contribution >= 4 is 11.7 Å². The Bertz CT molecular complexity index is 371. The maximum atomic E-state index is 11.6. The van der Waals surface area contributed by atoms with Gasteiger partial charge < -0.3 is 10.6 Å². The van der Waals surface area contributed by atoms with E-state index in [1.54, 1.807) is 17.9 Å². The lowest BCUT2D eigenvalue weighted by molar-refractivity contribution is -0.133. The van der Waals surface area contributed by atoms with Crippen molar-refractivity contribution in [3.8, 4) is 0 Å². The van der Waals surface area contributed by atoms with Crippen LogP contribution in [0.2, 0.25) is 0 Å². The van der Waals surface area contributed by atoms with Crippen molar-refractivity contribution in [3.63, 3.8) is 0 Å². The molecule has 1 aliphatic heterocycles. The lowest BCUT2D eigenvalue weighted by atomic mass is 10.1. The molecule has 0 saturated carbocycles. The van der Waals surface area contributed by atoms with Crippen LogP contribution in [0.25, 0.3) is 0 Å². The van der Waals surface area contributed by atoms with Gasteiger partial charge in [0.05, 0.1) is 12.7 Å². The van der Waals surface area contributed by atoms with Gasteiger partial charge in [-0.2, -0.15) is 5.10 Å². The number of nitrogens with zero attached hydrogens (tertiary/aromatic N) is 3. The molecule has 2 N–H and O–H groups in total. The third kappa shape index (κ3) is 1.95. The molecule has 2 rings (SSSR count). The van der Waals surface area contributed by atoms with Crippen LogP contribution in [-0.4, -0.2) is 27.1 Å². The molecule has 5 heteroatoms. The SMILES string of the molecule is Cn1ncc(CN2CCCCC2=O)c1N. The first-order valence-electron chi connectivity index (χ1n) is 5.22. The fourth-order valence-electron chi connectivity index (χ4n) is 1.85. The Kier molecular flexibility index (Phi) is 2.62. The minimum atomic E-state index is 0.226. The van der Waals surface area contributed by atoms with Crippen LogP contribution in [0.5, 0.6) is 0 Å². The molecule has 0 unspecified atom stereocenters. The molecular formula is C10H16N4O. The van der Waals surface area contributed by atoms with Crippen molar-refractivity contribution in [1.29, 1.82) is 0 Å². The van der Waals surface area contributed by atoms with Crippen molar-refractivity contribution in [1.82, 2.24) is 14.7 Å². The van der Waals surface area contributed by atoms with Crippen LogP contribution >= 0.6 is 0 Å². The van der Waals surface area contributed by atoms with Crippen molar-refractivity contribution < 1.29 is 4.79 Å². The number of amides is 1. The third-order valence-corrected chi connectivity index (χ3v) is 2.85. The molecule has 0 bridgehead atoms. The summed E-state index contributed by atoms with van der Waals surface area (Å²) in [6, 6.07) is 0. The van der Waals surface area contributed by atoms with Crippen LogP contribution in [0.3, 0.4) is 0 Å². The predicted octanol–water partition coefficient (Wildman–Crippen LogP) is 0.515. The monoisotopic (exact) mass is 208 g/mol. The van der Waals surface area contributed by atoms with Gasteiger partial charge in [0.15, 0.2) is 0 Å². The number of hydrogen-bond donors (Lipinski definition) is 1. The van der Waals surface area contributed by atoms with E-state index in [1.165, 1.54) is 0 Å². The van der Waals surface area contributed by atoms with Gasteiger partial charge >= 0.3 is 0 Å². The molecule has 1 aromatic rings. The van der Waals surface area contributed by atoms with Gasteiger partial charge in [-0.3, -0.25) is 9.48 Å².